The molecule has 2 aromatic rings. The molecular formula is C13H12ClN3O2. The highest BCUT2D eigenvalue weighted by atomic mass is 35.5. The number of hydrogen-bond donors (Lipinski definition) is 2. The van der Waals surface area contributed by atoms with Crippen molar-refractivity contribution in [1.29, 1.82) is 0 Å². The molecule has 19 heavy (non-hydrogen) atoms. The van der Waals surface area contributed by atoms with Gasteiger partial charge in [-0.1, -0.05) is 17.7 Å². The quantitative estimate of drug-likeness (QED) is 0.902. The molecule has 1 aromatic heterocycles. The lowest BCUT2D eigenvalue weighted by atomic mass is 10.2. The minimum Gasteiger partial charge on any atom is -0.439 e. The van der Waals surface area contributed by atoms with E-state index in [0.717, 1.165) is 5.56 Å². The summed E-state index contributed by atoms with van der Waals surface area (Å²) >= 11 is 5.90. The normalized spacial score (nSPS) is 10.2. The van der Waals surface area contributed by atoms with Crippen LogP contribution in [0.1, 0.15) is 15.9 Å². The van der Waals surface area contributed by atoms with Crippen LogP contribution < -0.4 is 16.2 Å². The molecule has 0 fully saturated rings. The van der Waals surface area contributed by atoms with E-state index in [-0.39, 0.29) is 17.1 Å². The molecule has 0 aliphatic rings. The fourth-order valence-electron chi connectivity index (χ4n) is 1.51. The SMILES string of the molecule is Cc1ccc(Cl)cc1Oc1cc(C(N)=O)c(N)cn1. The van der Waals surface area contributed by atoms with Gasteiger partial charge in [0.2, 0.25) is 5.88 Å². The van der Waals surface area contributed by atoms with Gasteiger partial charge in [0.25, 0.3) is 5.91 Å². The van der Waals surface area contributed by atoms with E-state index in [0.29, 0.717) is 10.8 Å². The number of hydrogen-bond acceptors (Lipinski definition) is 4. The number of carbonyl (C=O) groups is 1. The van der Waals surface area contributed by atoms with Gasteiger partial charge in [0, 0.05) is 11.1 Å². The number of nitrogens with zero attached hydrogens (tertiary/aromatic N) is 1. The smallest absolute Gasteiger partial charge is 0.251 e. The van der Waals surface area contributed by atoms with Crippen LogP contribution in [-0.2, 0) is 0 Å². The first-order valence-electron chi connectivity index (χ1n) is 5.46. The van der Waals surface area contributed by atoms with Crippen LogP contribution in [0.25, 0.3) is 0 Å². The van der Waals surface area contributed by atoms with E-state index in [1.54, 1.807) is 12.1 Å². The van der Waals surface area contributed by atoms with E-state index >= 15 is 0 Å². The zero-order valence-corrected chi connectivity index (χ0v) is 10.9. The van der Waals surface area contributed by atoms with Crippen molar-refractivity contribution in [1.82, 2.24) is 4.98 Å². The average molecular weight is 278 g/mol. The molecule has 0 saturated heterocycles. The Bertz CT molecular complexity index is 644. The number of carbonyl (C=O) groups excluding carboxylic acids is 1. The van der Waals surface area contributed by atoms with Crippen LogP contribution in [0.15, 0.2) is 30.5 Å². The fraction of sp³-hybridized carbons (Fsp3) is 0.0769. The van der Waals surface area contributed by atoms with E-state index in [1.807, 2.05) is 13.0 Å². The Morgan fingerprint density at radius 3 is 2.79 bits per heavy atom. The highest BCUT2D eigenvalue weighted by molar-refractivity contribution is 6.30. The van der Waals surface area contributed by atoms with E-state index in [2.05, 4.69) is 4.98 Å². The lowest BCUT2D eigenvalue weighted by molar-refractivity contribution is 0.100. The van der Waals surface area contributed by atoms with Gasteiger partial charge in [-0.05, 0) is 24.6 Å². The van der Waals surface area contributed by atoms with Crippen LogP contribution in [0, 0.1) is 6.92 Å². The number of pyridine rings is 1. The Hall–Kier alpha value is -2.27. The number of ether oxygens (including phenoxy) is 1. The Morgan fingerprint density at radius 1 is 1.37 bits per heavy atom. The molecular weight excluding hydrogens is 266 g/mol. The molecule has 98 valence electrons. The molecule has 0 saturated carbocycles. The summed E-state index contributed by atoms with van der Waals surface area (Å²) in [6.45, 7) is 1.87. The van der Waals surface area contributed by atoms with Gasteiger partial charge in [0.1, 0.15) is 5.75 Å². The molecule has 1 aromatic carbocycles. The highest BCUT2D eigenvalue weighted by Gasteiger charge is 2.10. The molecule has 1 heterocycles. The van der Waals surface area contributed by atoms with Gasteiger partial charge in [-0.25, -0.2) is 4.98 Å². The van der Waals surface area contributed by atoms with Crippen molar-refractivity contribution >= 4 is 23.2 Å². The largest absolute Gasteiger partial charge is 0.439 e. The first-order chi connectivity index (χ1) is 8.97. The van der Waals surface area contributed by atoms with Crippen molar-refractivity contribution < 1.29 is 9.53 Å². The molecule has 6 heteroatoms. The second kappa shape index (κ2) is 5.16. The number of aromatic nitrogens is 1. The maximum atomic E-state index is 11.2. The summed E-state index contributed by atoms with van der Waals surface area (Å²) < 4.78 is 5.58. The molecule has 0 atom stereocenters. The molecule has 5 nitrogen and oxygen atoms in total. The Balaban J connectivity index is 2.36. The lowest BCUT2D eigenvalue weighted by Crippen LogP contribution is -2.13. The average Bonchev–Trinajstić information content (AvgIpc) is 2.36. The summed E-state index contributed by atoms with van der Waals surface area (Å²) in [6, 6.07) is 6.65. The van der Waals surface area contributed by atoms with Gasteiger partial charge in [0.05, 0.1) is 17.4 Å². The first-order valence-corrected chi connectivity index (χ1v) is 5.84. The Labute approximate surface area is 115 Å². The number of anilines is 1. The third-order valence-corrected chi connectivity index (χ3v) is 2.77. The van der Waals surface area contributed by atoms with Crippen molar-refractivity contribution in [2.24, 2.45) is 5.73 Å². The molecule has 0 aliphatic carbocycles. The summed E-state index contributed by atoms with van der Waals surface area (Å²) in [5, 5.41) is 0.547. The molecule has 4 N–H and O–H groups in total. The van der Waals surface area contributed by atoms with Crippen LogP contribution in [0.5, 0.6) is 11.6 Å². The molecule has 1 amide bonds. The molecule has 2 rings (SSSR count). The van der Waals surface area contributed by atoms with Gasteiger partial charge in [-0.15, -0.1) is 0 Å². The van der Waals surface area contributed by atoms with E-state index in [1.165, 1.54) is 12.3 Å². The van der Waals surface area contributed by atoms with E-state index < -0.39 is 5.91 Å². The van der Waals surface area contributed by atoms with Crippen molar-refractivity contribution in [3.63, 3.8) is 0 Å². The van der Waals surface area contributed by atoms with Crippen LogP contribution in [0.3, 0.4) is 0 Å². The monoisotopic (exact) mass is 277 g/mol. The van der Waals surface area contributed by atoms with Gasteiger partial charge in [0.15, 0.2) is 0 Å². The maximum absolute atomic E-state index is 11.2. The van der Waals surface area contributed by atoms with Gasteiger partial charge in [-0.3, -0.25) is 4.79 Å². The van der Waals surface area contributed by atoms with Crippen LogP contribution in [0.4, 0.5) is 5.69 Å². The molecule has 0 aliphatic heterocycles. The zero-order chi connectivity index (χ0) is 14.0. The second-order valence-electron chi connectivity index (χ2n) is 3.99. The van der Waals surface area contributed by atoms with Crippen LogP contribution in [-0.4, -0.2) is 10.9 Å². The standard InChI is InChI=1S/C13H12ClN3O2/c1-7-2-3-8(14)4-11(7)19-12-5-9(13(16)18)10(15)6-17-12/h2-6H,15H2,1H3,(H2,16,18). The minimum absolute atomic E-state index is 0.171. The van der Waals surface area contributed by atoms with Crippen LogP contribution in [0.2, 0.25) is 5.02 Å². The van der Waals surface area contributed by atoms with Gasteiger partial charge >= 0.3 is 0 Å². The predicted molar refractivity (Wildman–Crippen MR) is 73.4 cm³/mol. The zero-order valence-electron chi connectivity index (χ0n) is 10.2. The third-order valence-electron chi connectivity index (χ3n) is 2.54. The van der Waals surface area contributed by atoms with Crippen molar-refractivity contribution in [3.8, 4) is 11.6 Å². The number of amides is 1. The number of benzene rings is 1. The van der Waals surface area contributed by atoms with E-state index in [9.17, 15) is 4.79 Å². The maximum Gasteiger partial charge on any atom is 0.251 e. The minimum atomic E-state index is -0.632. The van der Waals surface area contributed by atoms with Crippen LogP contribution >= 0.6 is 11.6 Å². The van der Waals surface area contributed by atoms with Crippen molar-refractivity contribution in [3.05, 3.63) is 46.6 Å². The molecule has 0 spiro atoms. The molecule has 0 bridgehead atoms. The third kappa shape index (κ3) is 2.95. The van der Waals surface area contributed by atoms with Crippen molar-refractivity contribution in [2.45, 2.75) is 6.92 Å². The van der Waals surface area contributed by atoms with Gasteiger partial charge in [-0.2, -0.15) is 0 Å². The second-order valence-corrected chi connectivity index (χ2v) is 4.42. The number of nitrogen functional groups attached to an aromatic ring is 1. The summed E-state index contributed by atoms with van der Waals surface area (Å²) in [5.74, 6) is 0.154. The Morgan fingerprint density at radius 2 is 2.11 bits per heavy atom. The summed E-state index contributed by atoms with van der Waals surface area (Å²) in [6.07, 6.45) is 1.33. The Kier molecular flexibility index (Phi) is 3.57. The summed E-state index contributed by atoms with van der Waals surface area (Å²) in [4.78, 5) is 15.2. The number of halogens is 1. The summed E-state index contributed by atoms with van der Waals surface area (Å²) in [5.41, 5.74) is 12.1. The number of rotatable bonds is 3. The molecule has 0 unspecified atom stereocenters. The number of nitrogens with two attached hydrogens (primary N) is 2. The molecule has 0 radical (unpaired) electrons. The summed E-state index contributed by atoms with van der Waals surface area (Å²) in [7, 11) is 0. The fourth-order valence-corrected chi connectivity index (χ4v) is 1.67. The van der Waals surface area contributed by atoms with Crippen molar-refractivity contribution in [2.75, 3.05) is 5.73 Å². The highest BCUT2D eigenvalue weighted by Crippen LogP contribution is 2.28. The topological polar surface area (TPSA) is 91.2 Å². The number of aryl methyl sites for hydroxylation is 1. The number of primary amides is 1. The van der Waals surface area contributed by atoms with E-state index in [4.69, 9.17) is 27.8 Å². The van der Waals surface area contributed by atoms with Gasteiger partial charge < -0.3 is 16.2 Å². The lowest BCUT2D eigenvalue weighted by Gasteiger charge is -2.09. The predicted octanol–water partition coefficient (Wildman–Crippen LogP) is 2.52. The first kappa shape index (κ1) is 13.2.